The number of nitrogens with zero attached hydrogens (tertiary/aromatic N) is 4. The summed E-state index contributed by atoms with van der Waals surface area (Å²) in [6.07, 6.45) is 0. The van der Waals surface area contributed by atoms with Crippen LogP contribution in [-0.2, 0) is 11.8 Å². The van der Waals surface area contributed by atoms with E-state index in [0.29, 0.717) is 17.0 Å². The third kappa shape index (κ3) is 4.01. The molecule has 11 heteroatoms. The van der Waals surface area contributed by atoms with E-state index in [1.807, 2.05) is 20.9 Å². The van der Waals surface area contributed by atoms with Gasteiger partial charge in [-0.3, -0.25) is 14.6 Å². The summed E-state index contributed by atoms with van der Waals surface area (Å²) in [5, 5.41) is 41.7. The van der Waals surface area contributed by atoms with Gasteiger partial charge in [0.05, 0.1) is 11.4 Å². The molecule has 3 rings (SSSR count). The predicted octanol–water partition coefficient (Wildman–Crippen LogP) is 1.18. The Hall–Kier alpha value is -2.73. The van der Waals surface area contributed by atoms with E-state index >= 15 is 0 Å². The molecule has 0 bridgehead atoms. The van der Waals surface area contributed by atoms with Crippen molar-refractivity contribution in [2.75, 3.05) is 5.75 Å². The van der Waals surface area contributed by atoms with Gasteiger partial charge in [-0.2, -0.15) is 5.10 Å². The number of carboxylic acids is 1. The molecule has 2 heterocycles. The fraction of sp³-hybridized carbons (Fsp3) is 0.250. The Morgan fingerprint density at radius 1 is 1.30 bits per heavy atom. The average molecular weight is 389 g/mol. The maximum atomic E-state index is 11.5. The van der Waals surface area contributed by atoms with Crippen LogP contribution in [0, 0.1) is 24.3 Å². The van der Waals surface area contributed by atoms with Gasteiger partial charge in [-0.1, -0.05) is 11.8 Å². The molecule has 142 valence electrons. The molecular formula is C16H17N6O4S-. The first-order valence-corrected chi connectivity index (χ1v) is 8.89. The number of carbonyl (C=O) groups is 1. The van der Waals surface area contributed by atoms with E-state index in [1.165, 1.54) is 12.1 Å². The molecular weight excluding hydrogens is 372 g/mol. The molecule has 3 aromatic rings. The lowest BCUT2D eigenvalue weighted by Gasteiger charge is -2.25. The standard InChI is InChI=1S/C16H17N6O4S/c1-8-14(9(2)21(3)20-8)10-4-11(6-12(5-10)22(25)26)15-17-16(19-18-15)27-7-13(23)24/h4-6,22H,7H2,1-3H3,(H,23,24)(H,17,18,19)/q-1. The SMILES string of the molecule is Cc1nn(C)c(C)c1-c1cc(-c2nc(SCC(=O)O)n[nH]2)cc([NH+]([O-])[O-])c1. The van der Waals surface area contributed by atoms with Gasteiger partial charge in [-0.15, -0.1) is 5.10 Å². The maximum absolute atomic E-state index is 11.5. The van der Waals surface area contributed by atoms with Crippen LogP contribution in [0.2, 0.25) is 0 Å². The number of aromatic amines is 1. The van der Waals surface area contributed by atoms with E-state index in [2.05, 4.69) is 20.3 Å². The Kier molecular flexibility index (Phi) is 5.28. The molecule has 0 aliphatic carbocycles. The van der Waals surface area contributed by atoms with Crippen molar-refractivity contribution >= 4 is 23.4 Å². The fourth-order valence-corrected chi connectivity index (χ4v) is 3.30. The van der Waals surface area contributed by atoms with Crippen molar-refractivity contribution in [3.8, 4) is 22.5 Å². The highest BCUT2D eigenvalue weighted by molar-refractivity contribution is 7.99. The van der Waals surface area contributed by atoms with Gasteiger partial charge in [-0.05, 0) is 25.5 Å². The van der Waals surface area contributed by atoms with Crippen LogP contribution in [0.25, 0.3) is 22.5 Å². The second kappa shape index (κ2) is 7.48. The van der Waals surface area contributed by atoms with Crippen LogP contribution in [0.4, 0.5) is 5.69 Å². The molecule has 0 saturated heterocycles. The molecule has 3 N–H and O–H groups in total. The number of thioether (sulfide) groups is 1. The summed E-state index contributed by atoms with van der Waals surface area (Å²) < 4.78 is 1.73. The minimum atomic E-state index is -1.31. The number of benzene rings is 1. The number of aryl methyl sites for hydroxylation is 2. The number of aliphatic carboxylic acids is 1. The zero-order chi connectivity index (χ0) is 19.7. The minimum absolute atomic E-state index is 0.00120. The largest absolute Gasteiger partial charge is 0.628 e. The average Bonchev–Trinajstić information content (AvgIpc) is 3.17. The summed E-state index contributed by atoms with van der Waals surface area (Å²) in [5.74, 6) is -0.808. The molecule has 1 aromatic carbocycles. The van der Waals surface area contributed by atoms with Crippen molar-refractivity contribution in [3.05, 3.63) is 40.0 Å². The highest BCUT2D eigenvalue weighted by Gasteiger charge is 2.16. The summed E-state index contributed by atoms with van der Waals surface area (Å²) in [6, 6.07) is 4.76. The predicted molar refractivity (Wildman–Crippen MR) is 99.2 cm³/mol. The zero-order valence-corrected chi connectivity index (χ0v) is 15.6. The van der Waals surface area contributed by atoms with Gasteiger partial charge in [0.1, 0.15) is 5.69 Å². The smallest absolute Gasteiger partial charge is 0.313 e. The Bertz CT molecular complexity index is 997. The number of rotatable bonds is 6. The number of nitrogens with one attached hydrogen (secondary N) is 2. The number of H-pyrrole nitrogens is 1. The van der Waals surface area contributed by atoms with Gasteiger partial charge in [0.2, 0.25) is 5.16 Å². The van der Waals surface area contributed by atoms with Gasteiger partial charge in [0.15, 0.2) is 5.82 Å². The number of aromatic nitrogens is 5. The molecule has 0 spiro atoms. The number of quaternary nitrogens is 1. The molecule has 2 aromatic heterocycles. The highest BCUT2D eigenvalue weighted by Crippen LogP contribution is 2.32. The molecule has 0 atom stereocenters. The van der Waals surface area contributed by atoms with E-state index in [-0.39, 0.29) is 16.6 Å². The Morgan fingerprint density at radius 3 is 2.59 bits per heavy atom. The molecule has 0 saturated carbocycles. The second-order valence-corrected chi connectivity index (χ2v) is 6.85. The lowest BCUT2D eigenvalue weighted by atomic mass is 10.00. The van der Waals surface area contributed by atoms with Crippen molar-refractivity contribution in [1.29, 1.82) is 0 Å². The first-order valence-electron chi connectivity index (χ1n) is 7.90. The first-order chi connectivity index (χ1) is 12.8. The van der Waals surface area contributed by atoms with Crippen molar-refractivity contribution in [1.82, 2.24) is 25.0 Å². The molecule has 0 unspecified atom stereocenters. The molecule has 0 aliphatic rings. The second-order valence-electron chi connectivity index (χ2n) is 5.90. The van der Waals surface area contributed by atoms with Crippen LogP contribution < -0.4 is 5.23 Å². The van der Waals surface area contributed by atoms with Gasteiger partial charge in [0.25, 0.3) is 0 Å². The van der Waals surface area contributed by atoms with Crippen LogP contribution in [-0.4, -0.2) is 41.8 Å². The normalized spacial score (nSPS) is 11.3. The summed E-state index contributed by atoms with van der Waals surface area (Å²) >= 11 is 0.968. The summed E-state index contributed by atoms with van der Waals surface area (Å²) in [4.78, 5) is 14.9. The molecule has 0 fully saturated rings. The van der Waals surface area contributed by atoms with E-state index < -0.39 is 11.2 Å². The van der Waals surface area contributed by atoms with E-state index in [9.17, 15) is 15.2 Å². The third-order valence-electron chi connectivity index (χ3n) is 4.03. The summed E-state index contributed by atoms with van der Waals surface area (Å²) in [5.41, 5.74) is 3.68. The van der Waals surface area contributed by atoms with Crippen molar-refractivity contribution < 1.29 is 15.1 Å². The lowest BCUT2D eigenvalue weighted by Crippen LogP contribution is -2.96. The summed E-state index contributed by atoms with van der Waals surface area (Å²) in [6.45, 7) is 3.75. The molecule has 0 amide bonds. The number of carboxylic acid groups (broad SMARTS) is 1. The number of hydrogen-bond acceptors (Lipinski definition) is 7. The Morgan fingerprint density at radius 2 is 2.00 bits per heavy atom. The lowest BCUT2D eigenvalue weighted by molar-refractivity contribution is -0.715. The molecule has 0 radical (unpaired) electrons. The van der Waals surface area contributed by atoms with E-state index in [1.54, 1.807) is 10.7 Å². The highest BCUT2D eigenvalue weighted by atomic mass is 32.2. The minimum Gasteiger partial charge on any atom is -0.628 e. The number of hydrogen-bond donors (Lipinski definition) is 3. The Labute approximate surface area is 158 Å². The fourth-order valence-electron chi connectivity index (χ4n) is 2.78. The van der Waals surface area contributed by atoms with Crippen LogP contribution in [0.15, 0.2) is 23.4 Å². The quantitative estimate of drug-likeness (QED) is 0.420. The molecule has 10 nitrogen and oxygen atoms in total. The van der Waals surface area contributed by atoms with Gasteiger partial charge < -0.3 is 20.7 Å². The van der Waals surface area contributed by atoms with Crippen LogP contribution >= 0.6 is 11.8 Å². The topological polar surface area (TPSA) is 147 Å². The third-order valence-corrected chi connectivity index (χ3v) is 4.86. The maximum Gasteiger partial charge on any atom is 0.313 e. The zero-order valence-electron chi connectivity index (χ0n) is 14.8. The monoisotopic (exact) mass is 389 g/mol. The molecule has 0 aliphatic heterocycles. The van der Waals surface area contributed by atoms with Crippen molar-refractivity contribution in [2.24, 2.45) is 7.05 Å². The molecule has 27 heavy (non-hydrogen) atoms. The summed E-state index contributed by atoms with van der Waals surface area (Å²) in [7, 11) is 1.82. The van der Waals surface area contributed by atoms with Crippen LogP contribution in [0.3, 0.4) is 0 Å². The van der Waals surface area contributed by atoms with E-state index in [0.717, 1.165) is 28.7 Å². The van der Waals surface area contributed by atoms with Gasteiger partial charge >= 0.3 is 5.97 Å². The van der Waals surface area contributed by atoms with Gasteiger partial charge in [-0.25, -0.2) is 4.98 Å². The van der Waals surface area contributed by atoms with Crippen molar-refractivity contribution in [3.63, 3.8) is 0 Å². The Balaban J connectivity index is 2.06. The van der Waals surface area contributed by atoms with Crippen LogP contribution in [0.1, 0.15) is 11.4 Å². The van der Waals surface area contributed by atoms with Crippen LogP contribution in [0.5, 0.6) is 0 Å². The van der Waals surface area contributed by atoms with Crippen molar-refractivity contribution in [2.45, 2.75) is 19.0 Å². The van der Waals surface area contributed by atoms with Gasteiger partial charge in [0, 0.05) is 36.0 Å². The first kappa shape index (κ1) is 19.0. The van der Waals surface area contributed by atoms with E-state index in [4.69, 9.17) is 5.11 Å².